The highest BCUT2D eigenvalue weighted by molar-refractivity contribution is 9.10. The van der Waals surface area contributed by atoms with Crippen LogP contribution in [0.2, 0.25) is 0 Å². The molecule has 0 fully saturated rings. The Morgan fingerprint density at radius 2 is 2.00 bits per heavy atom. The molecule has 0 radical (unpaired) electrons. The van der Waals surface area contributed by atoms with E-state index in [1.165, 1.54) is 7.11 Å². The topological polar surface area (TPSA) is 26.3 Å². The first-order valence-corrected chi connectivity index (χ1v) is 5.43. The van der Waals surface area contributed by atoms with Crippen molar-refractivity contribution in [3.8, 4) is 0 Å². The first-order chi connectivity index (χ1) is 5.72. The predicted molar refractivity (Wildman–Crippen MR) is 53.0 cm³/mol. The summed E-state index contributed by atoms with van der Waals surface area (Å²) in [5.74, 6) is 0.448. The zero-order valence-electron chi connectivity index (χ0n) is 6.62. The Labute approximate surface area is 82.7 Å². The average Bonchev–Trinajstić information content (AvgIpc) is 2.09. The second kappa shape index (κ2) is 4.74. The maximum atomic E-state index is 10.9. The van der Waals surface area contributed by atoms with Crippen LogP contribution in [-0.2, 0) is 21.0 Å². The van der Waals surface area contributed by atoms with Crippen molar-refractivity contribution in [1.82, 2.24) is 0 Å². The molecule has 1 atom stereocenters. The number of benzene rings is 1. The lowest BCUT2D eigenvalue weighted by molar-refractivity contribution is 0.445. The SMILES string of the molecule is COS(=O)Cc1ccc(Br)cc1. The van der Waals surface area contributed by atoms with E-state index in [0.29, 0.717) is 5.75 Å². The van der Waals surface area contributed by atoms with Crippen molar-refractivity contribution in [2.24, 2.45) is 0 Å². The zero-order valence-corrected chi connectivity index (χ0v) is 9.02. The van der Waals surface area contributed by atoms with Crippen LogP contribution < -0.4 is 0 Å². The quantitative estimate of drug-likeness (QED) is 0.821. The summed E-state index contributed by atoms with van der Waals surface area (Å²) in [7, 11) is 1.44. The van der Waals surface area contributed by atoms with E-state index >= 15 is 0 Å². The Morgan fingerprint density at radius 1 is 1.42 bits per heavy atom. The Kier molecular flexibility index (Phi) is 3.91. The Morgan fingerprint density at radius 3 is 2.50 bits per heavy atom. The van der Waals surface area contributed by atoms with Crippen LogP contribution in [0, 0.1) is 0 Å². The molecular formula is C8H9BrO2S. The van der Waals surface area contributed by atoms with Crippen LogP contribution in [0.15, 0.2) is 28.7 Å². The number of rotatable bonds is 3. The lowest BCUT2D eigenvalue weighted by Crippen LogP contribution is -1.96. The minimum atomic E-state index is -1.20. The van der Waals surface area contributed by atoms with Gasteiger partial charge in [-0.25, -0.2) is 4.21 Å². The van der Waals surface area contributed by atoms with Gasteiger partial charge in [-0.2, -0.15) is 0 Å². The molecule has 0 spiro atoms. The third-order valence-corrected chi connectivity index (χ3v) is 2.85. The van der Waals surface area contributed by atoms with Gasteiger partial charge in [-0.3, -0.25) is 4.18 Å². The molecule has 0 aromatic heterocycles. The molecule has 1 unspecified atom stereocenters. The molecule has 1 rings (SSSR count). The number of hydrogen-bond donors (Lipinski definition) is 0. The number of halogens is 1. The average molecular weight is 249 g/mol. The number of hydrogen-bond acceptors (Lipinski definition) is 2. The summed E-state index contributed by atoms with van der Waals surface area (Å²) in [5.41, 5.74) is 1.01. The molecule has 66 valence electrons. The standard InChI is InChI=1S/C8H9BrO2S/c1-11-12(10)6-7-2-4-8(9)5-3-7/h2-5H,6H2,1H3. The molecule has 0 aliphatic heterocycles. The highest BCUT2D eigenvalue weighted by Gasteiger charge is 1.98. The lowest BCUT2D eigenvalue weighted by Gasteiger charge is -1.98. The first-order valence-electron chi connectivity index (χ1n) is 3.39. The van der Waals surface area contributed by atoms with Crippen LogP contribution in [0.5, 0.6) is 0 Å². The third kappa shape index (κ3) is 3.05. The summed E-state index contributed by atoms with van der Waals surface area (Å²) in [4.78, 5) is 0. The summed E-state index contributed by atoms with van der Waals surface area (Å²) in [6, 6.07) is 7.67. The van der Waals surface area contributed by atoms with Crippen LogP contribution in [0.1, 0.15) is 5.56 Å². The smallest absolute Gasteiger partial charge is 0.159 e. The molecular weight excluding hydrogens is 240 g/mol. The molecule has 1 aromatic rings. The van der Waals surface area contributed by atoms with Gasteiger partial charge in [-0.05, 0) is 17.7 Å². The molecule has 0 N–H and O–H groups in total. The van der Waals surface area contributed by atoms with Crippen LogP contribution in [0.4, 0.5) is 0 Å². The second-order valence-corrected chi connectivity index (χ2v) is 4.39. The van der Waals surface area contributed by atoms with E-state index in [9.17, 15) is 4.21 Å². The summed E-state index contributed by atoms with van der Waals surface area (Å²) >= 11 is 2.12. The monoisotopic (exact) mass is 248 g/mol. The van der Waals surface area contributed by atoms with Crippen molar-refractivity contribution in [2.75, 3.05) is 7.11 Å². The van der Waals surface area contributed by atoms with Crippen molar-refractivity contribution in [3.05, 3.63) is 34.3 Å². The minimum absolute atomic E-state index is 0.448. The fraction of sp³-hybridized carbons (Fsp3) is 0.250. The van der Waals surface area contributed by atoms with Crippen LogP contribution in [0.3, 0.4) is 0 Å². The summed E-state index contributed by atoms with van der Waals surface area (Å²) < 4.78 is 16.6. The van der Waals surface area contributed by atoms with Gasteiger partial charge < -0.3 is 0 Å². The van der Waals surface area contributed by atoms with E-state index in [-0.39, 0.29) is 0 Å². The van der Waals surface area contributed by atoms with E-state index in [1.807, 2.05) is 24.3 Å². The zero-order chi connectivity index (χ0) is 8.97. The normalized spacial score (nSPS) is 12.8. The molecule has 2 nitrogen and oxygen atoms in total. The van der Waals surface area contributed by atoms with Gasteiger partial charge in [-0.15, -0.1) is 0 Å². The van der Waals surface area contributed by atoms with Gasteiger partial charge in [0, 0.05) is 4.47 Å². The fourth-order valence-electron chi connectivity index (χ4n) is 0.776. The molecule has 0 aliphatic rings. The predicted octanol–water partition coefficient (Wildman–Crippen LogP) is 2.26. The summed E-state index contributed by atoms with van der Waals surface area (Å²) in [6.07, 6.45) is 0. The van der Waals surface area contributed by atoms with Gasteiger partial charge in [0.05, 0.1) is 12.9 Å². The van der Waals surface area contributed by atoms with Gasteiger partial charge in [0.2, 0.25) is 0 Å². The Hall–Kier alpha value is -0.190. The van der Waals surface area contributed by atoms with Gasteiger partial charge in [-0.1, -0.05) is 28.1 Å². The lowest BCUT2D eigenvalue weighted by atomic mass is 10.2. The maximum Gasteiger partial charge on any atom is 0.159 e. The van der Waals surface area contributed by atoms with E-state index in [1.54, 1.807) is 0 Å². The molecule has 0 amide bonds. The van der Waals surface area contributed by atoms with Crippen molar-refractivity contribution < 1.29 is 8.39 Å². The van der Waals surface area contributed by atoms with Gasteiger partial charge in [0.1, 0.15) is 0 Å². The Bertz CT molecular complexity index is 271. The molecule has 4 heteroatoms. The van der Waals surface area contributed by atoms with Crippen molar-refractivity contribution in [2.45, 2.75) is 5.75 Å². The van der Waals surface area contributed by atoms with Gasteiger partial charge in [0.25, 0.3) is 0 Å². The molecule has 0 saturated heterocycles. The van der Waals surface area contributed by atoms with Gasteiger partial charge >= 0.3 is 0 Å². The van der Waals surface area contributed by atoms with Crippen molar-refractivity contribution in [3.63, 3.8) is 0 Å². The van der Waals surface area contributed by atoms with Crippen molar-refractivity contribution >= 4 is 27.0 Å². The van der Waals surface area contributed by atoms with E-state index < -0.39 is 11.1 Å². The third-order valence-electron chi connectivity index (χ3n) is 1.38. The van der Waals surface area contributed by atoms with Gasteiger partial charge in [0.15, 0.2) is 11.1 Å². The van der Waals surface area contributed by atoms with Crippen LogP contribution in [0.25, 0.3) is 0 Å². The summed E-state index contributed by atoms with van der Waals surface area (Å²) in [6.45, 7) is 0. The van der Waals surface area contributed by atoms with Crippen LogP contribution in [-0.4, -0.2) is 11.3 Å². The highest BCUT2D eigenvalue weighted by atomic mass is 79.9. The summed E-state index contributed by atoms with van der Waals surface area (Å²) in [5, 5.41) is 0. The second-order valence-electron chi connectivity index (χ2n) is 2.24. The molecule has 0 heterocycles. The van der Waals surface area contributed by atoms with E-state index in [2.05, 4.69) is 20.1 Å². The first kappa shape index (κ1) is 9.89. The molecule has 12 heavy (non-hydrogen) atoms. The molecule has 0 aliphatic carbocycles. The molecule has 1 aromatic carbocycles. The van der Waals surface area contributed by atoms with Crippen LogP contribution >= 0.6 is 15.9 Å². The highest BCUT2D eigenvalue weighted by Crippen LogP contribution is 2.11. The Balaban J connectivity index is 2.64. The fourth-order valence-corrected chi connectivity index (χ4v) is 1.62. The minimum Gasteiger partial charge on any atom is -0.294 e. The largest absolute Gasteiger partial charge is 0.294 e. The maximum absolute atomic E-state index is 10.9. The van der Waals surface area contributed by atoms with Crippen molar-refractivity contribution in [1.29, 1.82) is 0 Å². The van der Waals surface area contributed by atoms with E-state index in [0.717, 1.165) is 10.0 Å². The molecule has 0 saturated carbocycles. The molecule has 0 bridgehead atoms. The van der Waals surface area contributed by atoms with E-state index in [4.69, 9.17) is 0 Å².